The molecule has 0 amide bonds. The van der Waals surface area contributed by atoms with Crippen molar-refractivity contribution >= 4 is 0 Å². The highest BCUT2D eigenvalue weighted by molar-refractivity contribution is 5.13. The fraction of sp³-hybridized carbons (Fsp3) is 0.571. The van der Waals surface area contributed by atoms with Crippen LogP contribution in [0.1, 0.15) is 18.4 Å². The predicted octanol–water partition coefficient (Wildman–Crippen LogP) is 2.40. The van der Waals surface area contributed by atoms with E-state index in [9.17, 15) is 0 Å². The van der Waals surface area contributed by atoms with Gasteiger partial charge in [0.2, 0.25) is 0 Å². The summed E-state index contributed by atoms with van der Waals surface area (Å²) in [6.45, 7) is 3.95. The van der Waals surface area contributed by atoms with Crippen LogP contribution >= 0.6 is 0 Å². The molecule has 0 aliphatic carbocycles. The topological polar surface area (TPSA) is 31.0 Å². The van der Waals surface area contributed by atoms with Crippen LogP contribution in [0.3, 0.4) is 0 Å². The first-order valence-corrected chi connectivity index (χ1v) is 6.26. The molecule has 1 aromatic carbocycles. The summed E-state index contributed by atoms with van der Waals surface area (Å²) in [7, 11) is 0. The van der Waals surface area contributed by atoms with E-state index in [-0.39, 0.29) is 0 Å². The second kappa shape index (κ2) is 7.43. The molecule has 3 nitrogen and oxygen atoms in total. The van der Waals surface area contributed by atoms with Crippen molar-refractivity contribution in [1.82, 2.24) is 0 Å². The maximum atomic E-state index is 5.58. The number of ether oxygens (including phenoxy) is 3. The van der Waals surface area contributed by atoms with E-state index in [1.807, 2.05) is 18.2 Å². The third-order valence-corrected chi connectivity index (χ3v) is 2.65. The molecule has 1 aromatic rings. The Hall–Kier alpha value is -0.900. The van der Waals surface area contributed by atoms with Crippen molar-refractivity contribution in [3.05, 3.63) is 35.9 Å². The molecule has 3 heteroatoms. The molecule has 1 saturated heterocycles. The SMILES string of the molecule is c1ccc(COCCCCOC[C@H]2CO2)cc1. The van der Waals surface area contributed by atoms with Gasteiger partial charge in [0.1, 0.15) is 6.10 Å². The number of unbranched alkanes of at least 4 members (excludes halogenated alkanes) is 1. The zero-order valence-electron chi connectivity index (χ0n) is 10.1. The van der Waals surface area contributed by atoms with Gasteiger partial charge in [-0.25, -0.2) is 0 Å². The first kappa shape index (κ1) is 12.6. The smallest absolute Gasteiger partial charge is 0.104 e. The molecule has 0 spiro atoms. The molecule has 0 radical (unpaired) electrons. The summed E-state index contributed by atoms with van der Waals surface area (Å²) in [6, 6.07) is 10.3. The van der Waals surface area contributed by atoms with Gasteiger partial charge in [0.05, 0.1) is 19.8 Å². The van der Waals surface area contributed by atoms with Gasteiger partial charge in [0.25, 0.3) is 0 Å². The van der Waals surface area contributed by atoms with Gasteiger partial charge < -0.3 is 14.2 Å². The minimum absolute atomic E-state index is 0.379. The molecular formula is C14H20O3. The van der Waals surface area contributed by atoms with Gasteiger partial charge in [0, 0.05) is 13.2 Å². The van der Waals surface area contributed by atoms with E-state index < -0.39 is 0 Å². The van der Waals surface area contributed by atoms with E-state index in [0.717, 1.165) is 39.3 Å². The molecule has 0 bridgehead atoms. The van der Waals surface area contributed by atoms with E-state index in [1.54, 1.807) is 0 Å². The Morgan fingerprint density at radius 1 is 1.06 bits per heavy atom. The van der Waals surface area contributed by atoms with Crippen LogP contribution in [-0.2, 0) is 20.8 Å². The Morgan fingerprint density at radius 3 is 2.47 bits per heavy atom. The largest absolute Gasteiger partial charge is 0.379 e. The van der Waals surface area contributed by atoms with E-state index >= 15 is 0 Å². The summed E-state index contributed by atoms with van der Waals surface area (Å²) in [5.41, 5.74) is 1.23. The number of epoxide rings is 1. The molecule has 0 saturated carbocycles. The molecule has 17 heavy (non-hydrogen) atoms. The average Bonchev–Trinajstić information content (AvgIpc) is 3.18. The van der Waals surface area contributed by atoms with Crippen molar-refractivity contribution in [2.24, 2.45) is 0 Å². The molecule has 0 N–H and O–H groups in total. The molecule has 1 aliphatic rings. The van der Waals surface area contributed by atoms with Gasteiger partial charge in [0.15, 0.2) is 0 Å². The minimum Gasteiger partial charge on any atom is -0.379 e. The van der Waals surface area contributed by atoms with Crippen LogP contribution in [0.2, 0.25) is 0 Å². The maximum Gasteiger partial charge on any atom is 0.104 e. The van der Waals surface area contributed by atoms with Gasteiger partial charge in [-0.1, -0.05) is 30.3 Å². The van der Waals surface area contributed by atoms with Crippen LogP contribution in [0.5, 0.6) is 0 Å². The standard InChI is InChI=1S/C14H20O3/c1-2-6-13(7-3-1)10-15-8-4-5-9-16-11-14-12-17-14/h1-3,6-7,14H,4-5,8-12H2/t14-/m0/s1. The van der Waals surface area contributed by atoms with Crippen molar-refractivity contribution in [3.8, 4) is 0 Å². The Kier molecular flexibility index (Phi) is 5.49. The van der Waals surface area contributed by atoms with Crippen LogP contribution in [-0.4, -0.2) is 32.5 Å². The van der Waals surface area contributed by atoms with Crippen molar-refractivity contribution < 1.29 is 14.2 Å². The molecule has 1 atom stereocenters. The zero-order valence-corrected chi connectivity index (χ0v) is 10.1. The van der Waals surface area contributed by atoms with E-state index in [0.29, 0.717) is 12.7 Å². The highest BCUT2D eigenvalue weighted by Gasteiger charge is 2.21. The summed E-state index contributed by atoms with van der Waals surface area (Å²) < 4.78 is 16.1. The highest BCUT2D eigenvalue weighted by Crippen LogP contribution is 2.08. The highest BCUT2D eigenvalue weighted by atomic mass is 16.6. The summed E-state index contributed by atoms with van der Waals surface area (Å²) in [4.78, 5) is 0. The third-order valence-electron chi connectivity index (χ3n) is 2.65. The van der Waals surface area contributed by atoms with Crippen LogP contribution in [0.25, 0.3) is 0 Å². The van der Waals surface area contributed by atoms with Crippen LogP contribution in [0.15, 0.2) is 30.3 Å². The van der Waals surface area contributed by atoms with Crippen molar-refractivity contribution in [1.29, 1.82) is 0 Å². The molecule has 1 aliphatic heterocycles. The molecule has 1 fully saturated rings. The number of hydrogen-bond acceptors (Lipinski definition) is 3. The summed E-state index contributed by atoms with van der Waals surface area (Å²) in [5.74, 6) is 0. The van der Waals surface area contributed by atoms with Crippen molar-refractivity contribution in [2.75, 3.05) is 26.4 Å². The number of hydrogen-bond donors (Lipinski definition) is 0. The van der Waals surface area contributed by atoms with Gasteiger partial charge in [-0.2, -0.15) is 0 Å². The predicted molar refractivity (Wildman–Crippen MR) is 65.9 cm³/mol. The van der Waals surface area contributed by atoms with Gasteiger partial charge >= 0.3 is 0 Å². The second-order valence-electron chi connectivity index (χ2n) is 4.28. The average molecular weight is 236 g/mol. The Morgan fingerprint density at radius 2 is 1.76 bits per heavy atom. The van der Waals surface area contributed by atoms with Gasteiger partial charge in [-0.15, -0.1) is 0 Å². The molecular weight excluding hydrogens is 216 g/mol. The zero-order chi connectivity index (χ0) is 11.8. The summed E-state index contributed by atoms with van der Waals surface area (Å²) in [6.07, 6.45) is 2.49. The lowest BCUT2D eigenvalue weighted by atomic mass is 10.2. The second-order valence-corrected chi connectivity index (χ2v) is 4.28. The Balaban J connectivity index is 1.38. The minimum atomic E-state index is 0.379. The van der Waals surface area contributed by atoms with E-state index in [4.69, 9.17) is 14.2 Å². The van der Waals surface area contributed by atoms with Gasteiger partial charge in [-0.05, 0) is 18.4 Å². The number of rotatable bonds is 9. The third kappa shape index (κ3) is 5.82. The fourth-order valence-corrected chi connectivity index (χ4v) is 1.55. The first-order chi connectivity index (χ1) is 8.45. The molecule has 2 rings (SSSR count). The lowest BCUT2D eigenvalue weighted by Gasteiger charge is -2.04. The molecule has 0 unspecified atom stereocenters. The first-order valence-electron chi connectivity index (χ1n) is 6.26. The van der Waals surface area contributed by atoms with Crippen LogP contribution in [0, 0.1) is 0 Å². The lowest BCUT2D eigenvalue weighted by molar-refractivity contribution is 0.0891. The normalized spacial score (nSPS) is 18.2. The lowest BCUT2D eigenvalue weighted by Crippen LogP contribution is -2.04. The molecule has 0 aromatic heterocycles. The summed E-state index contributed by atoms with van der Waals surface area (Å²) in [5, 5.41) is 0. The quantitative estimate of drug-likeness (QED) is 0.487. The van der Waals surface area contributed by atoms with E-state index in [1.165, 1.54) is 5.56 Å². The Bertz CT molecular complexity index is 296. The number of benzene rings is 1. The van der Waals surface area contributed by atoms with E-state index in [2.05, 4.69) is 12.1 Å². The molecule has 94 valence electrons. The monoisotopic (exact) mass is 236 g/mol. The van der Waals surface area contributed by atoms with Crippen LogP contribution in [0.4, 0.5) is 0 Å². The van der Waals surface area contributed by atoms with Gasteiger partial charge in [-0.3, -0.25) is 0 Å². The molecule has 1 heterocycles. The van der Waals surface area contributed by atoms with Crippen LogP contribution < -0.4 is 0 Å². The fourth-order valence-electron chi connectivity index (χ4n) is 1.55. The van der Waals surface area contributed by atoms with Crippen molar-refractivity contribution in [2.45, 2.75) is 25.6 Å². The maximum absolute atomic E-state index is 5.58. The summed E-state index contributed by atoms with van der Waals surface area (Å²) >= 11 is 0. The van der Waals surface area contributed by atoms with Crippen molar-refractivity contribution in [3.63, 3.8) is 0 Å². The Labute approximate surface area is 103 Å².